The van der Waals surface area contributed by atoms with Crippen LogP contribution in [-0.4, -0.2) is 61.4 Å². The standard InChI is InChI=1S/C22H30N4O2S/c1-17(27)24-15-19-9-10-21(29-19)22(28)23-11-6-12-26-14-13-25(2)16-20(26)18-7-4-3-5-8-18/h3-5,7-10,20H,6,11-16H2,1-2H3,(H,23,28)(H,24,27). The van der Waals surface area contributed by atoms with E-state index in [1.54, 1.807) is 0 Å². The molecule has 3 rings (SSSR count). The average Bonchev–Trinajstić information content (AvgIpc) is 3.20. The maximum Gasteiger partial charge on any atom is 0.261 e. The summed E-state index contributed by atoms with van der Waals surface area (Å²) in [6, 6.07) is 14.8. The fourth-order valence-electron chi connectivity index (χ4n) is 3.59. The van der Waals surface area contributed by atoms with Crippen LogP contribution < -0.4 is 10.6 Å². The first kappa shape index (κ1) is 21.5. The van der Waals surface area contributed by atoms with Crippen molar-refractivity contribution in [3.05, 3.63) is 57.8 Å². The third kappa shape index (κ3) is 6.39. The lowest BCUT2D eigenvalue weighted by Crippen LogP contribution is -2.47. The van der Waals surface area contributed by atoms with E-state index in [9.17, 15) is 9.59 Å². The Balaban J connectivity index is 1.45. The van der Waals surface area contributed by atoms with Gasteiger partial charge < -0.3 is 15.5 Å². The van der Waals surface area contributed by atoms with E-state index in [1.807, 2.05) is 12.1 Å². The number of benzene rings is 1. The quantitative estimate of drug-likeness (QED) is 0.652. The van der Waals surface area contributed by atoms with Crippen molar-refractivity contribution in [2.45, 2.75) is 25.9 Å². The second-order valence-corrected chi connectivity index (χ2v) is 8.68. The molecule has 1 aromatic carbocycles. The lowest BCUT2D eigenvalue weighted by atomic mass is 10.0. The average molecular weight is 415 g/mol. The summed E-state index contributed by atoms with van der Waals surface area (Å²) in [5.74, 6) is -0.107. The molecule has 6 nitrogen and oxygen atoms in total. The van der Waals surface area contributed by atoms with Crippen LogP contribution in [0.4, 0.5) is 0 Å². The molecule has 0 radical (unpaired) electrons. The topological polar surface area (TPSA) is 64.7 Å². The minimum Gasteiger partial charge on any atom is -0.351 e. The Kier molecular flexibility index (Phi) is 7.80. The van der Waals surface area contributed by atoms with Crippen LogP contribution in [0, 0.1) is 0 Å². The SMILES string of the molecule is CC(=O)NCc1ccc(C(=O)NCCCN2CCN(C)CC2c2ccccc2)s1. The van der Waals surface area contributed by atoms with E-state index in [4.69, 9.17) is 0 Å². The molecule has 2 N–H and O–H groups in total. The molecule has 0 bridgehead atoms. The number of hydrogen-bond donors (Lipinski definition) is 2. The van der Waals surface area contributed by atoms with Gasteiger partial charge >= 0.3 is 0 Å². The van der Waals surface area contributed by atoms with Gasteiger partial charge in [-0.2, -0.15) is 0 Å². The molecule has 1 unspecified atom stereocenters. The van der Waals surface area contributed by atoms with Crippen molar-refractivity contribution in [1.29, 1.82) is 0 Å². The molecule has 156 valence electrons. The van der Waals surface area contributed by atoms with Crippen LogP contribution in [0.3, 0.4) is 0 Å². The molecule has 2 aromatic rings. The van der Waals surface area contributed by atoms with Crippen molar-refractivity contribution in [1.82, 2.24) is 20.4 Å². The fourth-order valence-corrected chi connectivity index (χ4v) is 4.46. The first-order valence-electron chi connectivity index (χ1n) is 10.1. The summed E-state index contributed by atoms with van der Waals surface area (Å²) in [7, 11) is 2.18. The predicted molar refractivity (Wildman–Crippen MR) is 117 cm³/mol. The second kappa shape index (κ2) is 10.5. The van der Waals surface area contributed by atoms with Gasteiger partial charge in [0.1, 0.15) is 0 Å². The van der Waals surface area contributed by atoms with E-state index in [1.165, 1.54) is 23.8 Å². The molecule has 1 aromatic heterocycles. The van der Waals surface area contributed by atoms with Gasteiger partial charge in [-0.1, -0.05) is 30.3 Å². The number of nitrogens with zero attached hydrogens (tertiary/aromatic N) is 2. The molecule has 1 fully saturated rings. The number of hydrogen-bond acceptors (Lipinski definition) is 5. The predicted octanol–water partition coefficient (Wildman–Crippen LogP) is 2.49. The lowest BCUT2D eigenvalue weighted by Gasteiger charge is -2.40. The molecule has 0 saturated carbocycles. The maximum atomic E-state index is 12.4. The van der Waals surface area contributed by atoms with Crippen molar-refractivity contribution in [3.8, 4) is 0 Å². The molecule has 1 aliphatic rings. The van der Waals surface area contributed by atoms with Gasteiger partial charge in [-0.25, -0.2) is 0 Å². The number of carbonyl (C=O) groups is 2. The zero-order valence-corrected chi connectivity index (χ0v) is 18.0. The van der Waals surface area contributed by atoms with E-state index in [2.05, 4.69) is 57.8 Å². The summed E-state index contributed by atoms with van der Waals surface area (Å²) in [6.07, 6.45) is 0.920. The second-order valence-electron chi connectivity index (χ2n) is 7.51. The summed E-state index contributed by atoms with van der Waals surface area (Å²) in [6.45, 7) is 6.73. The summed E-state index contributed by atoms with van der Waals surface area (Å²) in [5, 5.41) is 5.78. The number of amides is 2. The lowest BCUT2D eigenvalue weighted by molar-refractivity contribution is -0.119. The Hall–Kier alpha value is -2.22. The molecular formula is C22H30N4O2S. The van der Waals surface area contributed by atoms with Gasteiger partial charge in [-0.3, -0.25) is 14.5 Å². The number of nitrogens with one attached hydrogen (secondary N) is 2. The van der Waals surface area contributed by atoms with Gasteiger partial charge in [-0.15, -0.1) is 11.3 Å². The fraction of sp³-hybridized carbons (Fsp3) is 0.455. The summed E-state index contributed by atoms with van der Waals surface area (Å²) in [5.41, 5.74) is 1.35. The monoisotopic (exact) mass is 414 g/mol. The van der Waals surface area contributed by atoms with E-state index in [0.29, 0.717) is 24.0 Å². The zero-order chi connectivity index (χ0) is 20.6. The van der Waals surface area contributed by atoms with Crippen LogP contribution in [-0.2, 0) is 11.3 Å². The van der Waals surface area contributed by atoms with Gasteiger partial charge in [-0.05, 0) is 31.2 Å². The highest BCUT2D eigenvalue weighted by atomic mass is 32.1. The van der Waals surface area contributed by atoms with Gasteiger partial charge in [0.05, 0.1) is 11.4 Å². The molecule has 29 heavy (non-hydrogen) atoms. The minimum absolute atomic E-state index is 0.0398. The molecule has 0 aliphatic carbocycles. The van der Waals surface area contributed by atoms with Crippen LogP contribution >= 0.6 is 11.3 Å². The third-order valence-corrected chi connectivity index (χ3v) is 6.27. The molecule has 1 saturated heterocycles. The number of rotatable bonds is 8. The zero-order valence-electron chi connectivity index (χ0n) is 17.2. The summed E-state index contributed by atoms with van der Waals surface area (Å²) < 4.78 is 0. The van der Waals surface area contributed by atoms with Crippen LogP contribution in [0.1, 0.15) is 39.5 Å². The maximum absolute atomic E-state index is 12.4. The Labute approximate surface area is 176 Å². The van der Waals surface area contributed by atoms with E-state index < -0.39 is 0 Å². The van der Waals surface area contributed by atoms with Crippen LogP contribution in [0.5, 0.6) is 0 Å². The highest BCUT2D eigenvalue weighted by Crippen LogP contribution is 2.24. The molecule has 1 aliphatic heterocycles. The molecule has 2 amide bonds. The number of thiophene rings is 1. The Morgan fingerprint density at radius 2 is 1.90 bits per heavy atom. The Morgan fingerprint density at radius 1 is 1.10 bits per heavy atom. The van der Waals surface area contributed by atoms with Crippen molar-refractivity contribution < 1.29 is 9.59 Å². The van der Waals surface area contributed by atoms with Crippen molar-refractivity contribution >= 4 is 23.2 Å². The van der Waals surface area contributed by atoms with Gasteiger partial charge in [0.25, 0.3) is 5.91 Å². The van der Waals surface area contributed by atoms with E-state index in [-0.39, 0.29) is 11.8 Å². The van der Waals surface area contributed by atoms with Crippen molar-refractivity contribution in [3.63, 3.8) is 0 Å². The first-order valence-corrected chi connectivity index (χ1v) is 10.9. The largest absolute Gasteiger partial charge is 0.351 e. The van der Waals surface area contributed by atoms with E-state index in [0.717, 1.165) is 37.5 Å². The number of piperazine rings is 1. The molecule has 1 atom stereocenters. The molecule has 7 heteroatoms. The summed E-state index contributed by atoms with van der Waals surface area (Å²) >= 11 is 1.42. The molecule has 2 heterocycles. The highest BCUT2D eigenvalue weighted by Gasteiger charge is 2.25. The molecular weight excluding hydrogens is 384 g/mol. The van der Waals surface area contributed by atoms with Crippen molar-refractivity contribution in [2.24, 2.45) is 0 Å². The van der Waals surface area contributed by atoms with Crippen LogP contribution in [0.15, 0.2) is 42.5 Å². The van der Waals surface area contributed by atoms with Gasteiger partial charge in [0.15, 0.2) is 0 Å². The van der Waals surface area contributed by atoms with Crippen molar-refractivity contribution in [2.75, 3.05) is 39.8 Å². The Bertz CT molecular complexity index is 808. The Morgan fingerprint density at radius 3 is 2.66 bits per heavy atom. The van der Waals surface area contributed by atoms with Gasteiger partial charge in [0, 0.05) is 50.6 Å². The first-order chi connectivity index (χ1) is 14.0. The normalized spacial score (nSPS) is 17.8. The van der Waals surface area contributed by atoms with E-state index >= 15 is 0 Å². The number of carbonyl (C=O) groups excluding carboxylic acids is 2. The highest BCUT2D eigenvalue weighted by molar-refractivity contribution is 7.14. The summed E-state index contributed by atoms with van der Waals surface area (Å²) in [4.78, 5) is 29.9. The van der Waals surface area contributed by atoms with Crippen LogP contribution in [0.2, 0.25) is 0 Å². The van der Waals surface area contributed by atoms with Gasteiger partial charge in [0.2, 0.25) is 5.91 Å². The third-order valence-electron chi connectivity index (χ3n) is 5.18. The number of likely N-dealkylation sites (N-methyl/N-ethyl adjacent to an activating group) is 1. The van der Waals surface area contributed by atoms with Crippen LogP contribution in [0.25, 0.3) is 0 Å². The minimum atomic E-state index is -0.0675. The molecule has 0 spiro atoms. The smallest absolute Gasteiger partial charge is 0.261 e.